The molecule has 0 spiro atoms. The standard InChI is InChI=1S/C16H23N5O/c1-10-8-17-20-14(10)11-5-6-21(9-11)15(22)12-7-13(19-18-12)16(2,3)4/h7-8,11H,5-6,9H2,1-4H3,(H,17,20)(H,18,19)/t11-/m1/s1. The molecular formula is C16H23N5O. The van der Waals surface area contributed by atoms with Crippen molar-refractivity contribution in [1.29, 1.82) is 0 Å². The Morgan fingerprint density at radius 3 is 2.73 bits per heavy atom. The first-order valence-corrected chi connectivity index (χ1v) is 7.71. The van der Waals surface area contributed by atoms with Gasteiger partial charge in [0.2, 0.25) is 0 Å². The number of carbonyl (C=O) groups is 1. The Kier molecular flexibility index (Phi) is 3.54. The molecule has 2 aromatic heterocycles. The van der Waals surface area contributed by atoms with Crippen molar-refractivity contribution in [2.24, 2.45) is 0 Å². The molecule has 2 N–H and O–H groups in total. The van der Waals surface area contributed by atoms with E-state index in [-0.39, 0.29) is 11.3 Å². The van der Waals surface area contributed by atoms with Crippen molar-refractivity contribution in [3.63, 3.8) is 0 Å². The van der Waals surface area contributed by atoms with E-state index < -0.39 is 0 Å². The molecule has 0 bridgehead atoms. The molecule has 0 saturated carbocycles. The van der Waals surface area contributed by atoms with Crippen molar-refractivity contribution < 1.29 is 4.79 Å². The number of aromatic amines is 2. The zero-order chi connectivity index (χ0) is 15.9. The molecule has 1 aliphatic rings. The van der Waals surface area contributed by atoms with Crippen LogP contribution in [0.1, 0.15) is 60.5 Å². The third-order valence-corrected chi connectivity index (χ3v) is 4.36. The van der Waals surface area contributed by atoms with Gasteiger partial charge in [0, 0.05) is 35.8 Å². The summed E-state index contributed by atoms with van der Waals surface area (Å²) in [5, 5.41) is 14.3. The van der Waals surface area contributed by atoms with Crippen LogP contribution in [0.15, 0.2) is 12.3 Å². The lowest BCUT2D eigenvalue weighted by Gasteiger charge is -2.16. The summed E-state index contributed by atoms with van der Waals surface area (Å²) in [6.45, 7) is 9.83. The molecule has 3 rings (SSSR count). The van der Waals surface area contributed by atoms with Gasteiger partial charge in [-0.1, -0.05) is 20.8 Å². The summed E-state index contributed by atoms with van der Waals surface area (Å²) in [7, 11) is 0. The highest BCUT2D eigenvalue weighted by Gasteiger charge is 2.31. The average Bonchev–Trinajstić information content (AvgIpc) is 3.16. The first-order chi connectivity index (χ1) is 10.4. The zero-order valence-corrected chi connectivity index (χ0v) is 13.6. The van der Waals surface area contributed by atoms with Gasteiger partial charge in [-0.15, -0.1) is 0 Å². The second kappa shape index (κ2) is 5.26. The molecule has 1 amide bonds. The first-order valence-electron chi connectivity index (χ1n) is 7.71. The Bertz CT molecular complexity index is 679. The smallest absolute Gasteiger partial charge is 0.274 e. The van der Waals surface area contributed by atoms with Gasteiger partial charge in [-0.25, -0.2) is 0 Å². The molecule has 2 aromatic rings. The second-order valence-corrected chi connectivity index (χ2v) is 7.12. The highest BCUT2D eigenvalue weighted by atomic mass is 16.2. The van der Waals surface area contributed by atoms with Crippen LogP contribution in [0.5, 0.6) is 0 Å². The summed E-state index contributed by atoms with van der Waals surface area (Å²) in [6, 6.07) is 1.87. The van der Waals surface area contributed by atoms with E-state index in [4.69, 9.17) is 0 Å². The molecule has 118 valence electrons. The fraction of sp³-hybridized carbons (Fsp3) is 0.562. The minimum Gasteiger partial charge on any atom is -0.337 e. The maximum atomic E-state index is 12.6. The number of aromatic nitrogens is 4. The third kappa shape index (κ3) is 2.65. The van der Waals surface area contributed by atoms with Gasteiger partial charge in [0.25, 0.3) is 5.91 Å². The number of nitrogens with one attached hydrogen (secondary N) is 2. The van der Waals surface area contributed by atoms with Gasteiger partial charge in [0.1, 0.15) is 5.69 Å². The lowest BCUT2D eigenvalue weighted by atomic mass is 9.92. The molecule has 1 atom stereocenters. The second-order valence-electron chi connectivity index (χ2n) is 7.12. The molecule has 1 aliphatic heterocycles. The number of amides is 1. The molecule has 0 radical (unpaired) electrons. The van der Waals surface area contributed by atoms with Crippen LogP contribution in [0.4, 0.5) is 0 Å². The zero-order valence-electron chi connectivity index (χ0n) is 13.6. The van der Waals surface area contributed by atoms with E-state index in [9.17, 15) is 4.79 Å². The predicted molar refractivity (Wildman–Crippen MR) is 83.9 cm³/mol. The predicted octanol–water partition coefficient (Wildman–Crippen LogP) is 2.37. The van der Waals surface area contributed by atoms with Crippen LogP contribution in [-0.4, -0.2) is 44.3 Å². The number of likely N-dealkylation sites (tertiary alicyclic amines) is 1. The molecule has 22 heavy (non-hydrogen) atoms. The van der Waals surface area contributed by atoms with Crippen molar-refractivity contribution in [2.45, 2.75) is 45.4 Å². The topological polar surface area (TPSA) is 77.7 Å². The Morgan fingerprint density at radius 2 is 2.14 bits per heavy atom. The van der Waals surface area contributed by atoms with E-state index in [1.165, 1.54) is 0 Å². The number of carbonyl (C=O) groups excluding carboxylic acids is 1. The first kappa shape index (κ1) is 14.8. The summed E-state index contributed by atoms with van der Waals surface area (Å²) < 4.78 is 0. The van der Waals surface area contributed by atoms with Crippen molar-refractivity contribution in [3.05, 3.63) is 34.9 Å². The number of H-pyrrole nitrogens is 2. The van der Waals surface area contributed by atoms with E-state index >= 15 is 0 Å². The molecule has 0 aliphatic carbocycles. The van der Waals surface area contributed by atoms with Crippen LogP contribution in [-0.2, 0) is 5.41 Å². The van der Waals surface area contributed by atoms with Crippen molar-refractivity contribution >= 4 is 5.91 Å². The highest BCUT2D eigenvalue weighted by molar-refractivity contribution is 5.92. The molecule has 0 unspecified atom stereocenters. The maximum Gasteiger partial charge on any atom is 0.274 e. The molecule has 1 saturated heterocycles. The SMILES string of the molecule is Cc1cn[nH]c1[C@@H]1CCN(C(=O)c2cc(C(C)(C)C)[nH]n2)C1. The van der Waals surface area contributed by atoms with Crippen LogP contribution in [0, 0.1) is 6.92 Å². The number of hydrogen-bond donors (Lipinski definition) is 2. The monoisotopic (exact) mass is 301 g/mol. The average molecular weight is 301 g/mol. The lowest BCUT2D eigenvalue weighted by molar-refractivity contribution is 0.0785. The molecule has 0 aromatic carbocycles. The van der Waals surface area contributed by atoms with Crippen LogP contribution < -0.4 is 0 Å². The minimum absolute atomic E-state index is 0.00594. The Hall–Kier alpha value is -2.11. The van der Waals surface area contributed by atoms with Gasteiger partial charge >= 0.3 is 0 Å². The quantitative estimate of drug-likeness (QED) is 0.894. The van der Waals surface area contributed by atoms with Crippen LogP contribution in [0.3, 0.4) is 0 Å². The molecule has 6 nitrogen and oxygen atoms in total. The van der Waals surface area contributed by atoms with Crippen LogP contribution in [0.25, 0.3) is 0 Å². The van der Waals surface area contributed by atoms with Gasteiger partial charge in [-0.3, -0.25) is 15.0 Å². The summed E-state index contributed by atoms with van der Waals surface area (Å²) >= 11 is 0. The van der Waals surface area contributed by atoms with Gasteiger partial charge < -0.3 is 4.90 Å². The Morgan fingerprint density at radius 1 is 1.36 bits per heavy atom. The summed E-state index contributed by atoms with van der Waals surface area (Å²) in [4.78, 5) is 14.5. The van der Waals surface area contributed by atoms with Crippen LogP contribution in [0.2, 0.25) is 0 Å². The number of nitrogens with zero attached hydrogens (tertiary/aromatic N) is 3. The van der Waals surface area contributed by atoms with E-state index in [1.807, 2.05) is 24.1 Å². The van der Waals surface area contributed by atoms with Crippen molar-refractivity contribution in [1.82, 2.24) is 25.3 Å². The normalized spacial score (nSPS) is 18.9. The van der Waals surface area contributed by atoms with Gasteiger partial charge in [-0.05, 0) is 25.0 Å². The van der Waals surface area contributed by atoms with Gasteiger partial charge in [0.15, 0.2) is 0 Å². The summed E-state index contributed by atoms with van der Waals surface area (Å²) in [5.74, 6) is 0.346. The third-order valence-electron chi connectivity index (χ3n) is 4.36. The van der Waals surface area contributed by atoms with Gasteiger partial charge in [0.05, 0.1) is 6.20 Å². The Balaban J connectivity index is 1.72. The molecular weight excluding hydrogens is 278 g/mol. The summed E-state index contributed by atoms with van der Waals surface area (Å²) in [5.41, 5.74) is 3.76. The van der Waals surface area contributed by atoms with E-state index in [0.717, 1.165) is 36.5 Å². The number of rotatable bonds is 2. The van der Waals surface area contributed by atoms with E-state index in [2.05, 4.69) is 41.2 Å². The fourth-order valence-corrected chi connectivity index (χ4v) is 2.93. The highest BCUT2D eigenvalue weighted by Crippen LogP contribution is 2.29. The van der Waals surface area contributed by atoms with E-state index in [0.29, 0.717) is 11.6 Å². The minimum atomic E-state index is -0.0356. The lowest BCUT2D eigenvalue weighted by Crippen LogP contribution is -2.28. The molecule has 1 fully saturated rings. The van der Waals surface area contributed by atoms with Crippen molar-refractivity contribution in [3.8, 4) is 0 Å². The van der Waals surface area contributed by atoms with Gasteiger partial charge in [-0.2, -0.15) is 10.2 Å². The molecule has 3 heterocycles. The van der Waals surface area contributed by atoms with Crippen molar-refractivity contribution in [2.75, 3.05) is 13.1 Å². The number of hydrogen-bond acceptors (Lipinski definition) is 3. The molecule has 6 heteroatoms. The maximum absolute atomic E-state index is 12.6. The van der Waals surface area contributed by atoms with E-state index in [1.54, 1.807) is 0 Å². The Labute approximate surface area is 130 Å². The van der Waals surface area contributed by atoms with Crippen LogP contribution >= 0.6 is 0 Å². The largest absolute Gasteiger partial charge is 0.337 e. The summed E-state index contributed by atoms with van der Waals surface area (Å²) in [6.07, 6.45) is 2.80. The fourth-order valence-electron chi connectivity index (χ4n) is 2.93. The number of aryl methyl sites for hydroxylation is 1.